The van der Waals surface area contributed by atoms with Crippen LogP contribution in [0.5, 0.6) is 0 Å². The average molecular weight is 214 g/mol. The normalized spacial score (nSPS) is 9.87. The molecule has 1 heterocycles. The van der Waals surface area contributed by atoms with Crippen molar-refractivity contribution < 1.29 is 19.6 Å². The maximum Gasteiger partial charge on any atom is 0.363 e. The zero-order chi connectivity index (χ0) is 11.6. The molecule has 3 N–H and O–H groups in total. The number of hydrogen-bond donors (Lipinski definition) is 2. The number of rotatable bonds is 4. The van der Waals surface area contributed by atoms with Crippen molar-refractivity contribution in [3.05, 3.63) is 22.0 Å². The molecule has 0 radical (unpaired) electrons. The van der Waals surface area contributed by atoms with Crippen molar-refractivity contribution in [3.8, 4) is 0 Å². The van der Waals surface area contributed by atoms with Gasteiger partial charge >= 0.3 is 11.7 Å². The summed E-state index contributed by atoms with van der Waals surface area (Å²) < 4.78 is 0.809. The van der Waals surface area contributed by atoms with Crippen molar-refractivity contribution >= 4 is 17.6 Å². The summed E-state index contributed by atoms with van der Waals surface area (Å²) in [5.74, 6) is -2.31. The van der Waals surface area contributed by atoms with Crippen LogP contribution in [0.1, 0.15) is 10.5 Å². The monoisotopic (exact) mass is 214 g/mol. The van der Waals surface area contributed by atoms with Gasteiger partial charge in [-0.25, -0.2) is 4.79 Å². The number of hydrogen-bond acceptors (Lipinski definition) is 5. The SMILES string of the molecule is NC(=O)Cn1cc([N+](=O)[O-])c(C(=O)O)n1. The Labute approximate surface area is 82.2 Å². The van der Waals surface area contributed by atoms with Crippen LogP contribution in [0.15, 0.2) is 6.20 Å². The number of carbonyl (C=O) groups is 2. The molecule has 15 heavy (non-hydrogen) atoms. The second-order valence-corrected chi connectivity index (χ2v) is 2.59. The van der Waals surface area contributed by atoms with Crippen molar-refractivity contribution in [3.63, 3.8) is 0 Å². The van der Waals surface area contributed by atoms with Gasteiger partial charge in [0.25, 0.3) is 0 Å². The van der Waals surface area contributed by atoms with Crippen LogP contribution in [-0.2, 0) is 11.3 Å². The Morgan fingerprint density at radius 1 is 1.67 bits per heavy atom. The quantitative estimate of drug-likeness (QED) is 0.485. The predicted octanol–water partition coefficient (Wildman–Crippen LogP) is -1.03. The van der Waals surface area contributed by atoms with Crippen molar-refractivity contribution in [1.29, 1.82) is 0 Å². The Kier molecular flexibility index (Phi) is 2.65. The van der Waals surface area contributed by atoms with Crippen LogP contribution < -0.4 is 5.73 Å². The fourth-order valence-electron chi connectivity index (χ4n) is 0.937. The van der Waals surface area contributed by atoms with Gasteiger partial charge < -0.3 is 10.8 Å². The summed E-state index contributed by atoms with van der Waals surface area (Å²) in [5.41, 5.74) is 3.42. The minimum Gasteiger partial charge on any atom is -0.476 e. The molecule has 9 heteroatoms. The smallest absolute Gasteiger partial charge is 0.363 e. The van der Waals surface area contributed by atoms with E-state index >= 15 is 0 Å². The highest BCUT2D eigenvalue weighted by Gasteiger charge is 2.25. The van der Waals surface area contributed by atoms with Gasteiger partial charge in [0.2, 0.25) is 11.6 Å². The third kappa shape index (κ3) is 2.27. The van der Waals surface area contributed by atoms with E-state index in [1.165, 1.54) is 0 Å². The highest BCUT2D eigenvalue weighted by molar-refractivity contribution is 5.89. The first-order valence-electron chi connectivity index (χ1n) is 3.65. The fourth-order valence-corrected chi connectivity index (χ4v) is 0.937. The Morgan fingerprint density at radius 2 is 2.27 bits per heavy atom. The number of aromatic carboxylic acids is 1. The van der Waals surface area contributed by atoms with E-state index in [-0.39, 0.29) is 0 Å². The second-order valence-electron chi connectivity index (χ2n) is 2.59. The average Bonchev–Trinajstić information content (AvgIpc) is 2.46. The number of aromatic nitrogens is 2. The number of carbonyl (C=O) groups excluding carboxylic acids is 1. The number of carboxylic acid groups (broad SMARTS) is 1. The molecule has 1 amide bonds. The van der Waals surface area contributed by atoms with Gasteiger partial charge in [0.1, 0.15) is 12.7 Å². The van der Waals surface area contributed by atoms with Gasteiger partial charge in [0.05, 0.1) is 4.92 Å². The van der Waals surface area contributed by atoms with Crippen LogP contribution in [0.4, 0.5) is 5.69 Å². The Morgan fingerprint density at radius 3 is 2.60 bits per heavy atom. The molecule has 1 aromatic rings. The van der Waals surface area contributed by atoms with Gasteiger partial charge in [-0.2, -0.15) is 5.10 Å². The third-order valence-electron chi connectivity index (χ3n) is 1.46. The summed E-state index contributed by atoms with van der Waals surface area (Å²) in [4.78, 5) is 30.5. The fraction of sp³-hybridized carbons (Fsp3) is 0.167. The Hall–Kier alpha value is -2.45. The molecule has 0 fully saturated rings. The van der Waals surface area contributed by atoms with E-state index in [0.717, 1.165) is 10.9 Å². The van der Waals surface area contributed by atoms with E-state index in [1.54, 1.807) is 0 Å². The van der Waals surface area contributed by atoms with Crippen LogP contribution in [0.2, 0.25) is 0 Å². The summed E-state index contributed by atoms with van der Waals surface area (Å²) in [5, 5.41) is 22.3. The van der Waals surface area contributed by atoms with E-state index in [1.807, 2.05) is 0 Å². The molecule has 80 valence electrons. The van der Waals surface area contributed by atoms with Crippen LogP contribution in [0.25, 0.3) is 0 Å². The molecule has 0 aliphatic rings. The number of nitrogens with two attached hydrogens (primary N) is 1. The van der Waals surface area contributed by atoms with Crippen molar-refractivity contribution in [2.75, 3.05) is 0 Å². The van der Waals surface area contributed by atoms with E-state index < -0.39 is 34.7 Å². The van der Waals surface area contributed by atoms with Gasteiger partial charge in [0.15, 0.2) is 0 Å². The molecular formula is C6H6N4O5. The highest BCUT2D eigenvalue weighted by atomic mass is 16.6. The Bertz CT molecular complexity index is 405. The van der Waals surface area contributed by atoms with Gasteiger partial charge in [-0.05, 0) is 0 Å². The molecule has 0 aliphatic carbocycles. The second kappa shape index (κ2) is 3.74. The molecular weight excluding hydrogens is 208 g/mol. The summed E-state index contributed by atoms with van der Waals surface area (Å²) in [7, 11) is 0. The predicted molar refractivity (Wildman–Crippen MR) is 45.0 cm³/mol. The molecule has 1 aromatic heterocycles. The lowest BCUT2D eigenvalue weighted by Crippen LogP contribution is -2.19. The van der Waals surface area contributed by atoms with Gasteiger partial charge in [0, 0.05) is 0 Å². The lowest BCUT2D eigenvalue weighted by molar-refractivity contribution is -0.385. The van der Waals surface area contributed by atoms with E-state index in [4.69, 9.17) is 10.8 Å². The number of amides is 1. The lowest BCUT2D eigenvalue weighted by Gasteiger charge is -1.92. The number of carboxylic acids is 1. The molecule has 0 saturated carbocycles. The maximum atomic E-state index is 10.5. The molecule has 1 rings (SSSR count). The molecule has 0 bridgehead atoms. The lowest BCUT2D eigenvalue weighted by atomic mass is 10.4. The summed E-state index contributed by atoms with van der Waals surface area (Å²) in [6.07, 6.45) is 0.841. The van der Waals surface area contributed by atoms with Crippen LogP contribution >= 0.6 is 0 Å². The summed E-state index contributed by atoms with van der Waals surface area (Å²) >= 11 is 0. The Balaban J connectivity index is 3.15. The van der Waals surface area contributed by atoms with Crippen LogP contribution in [0.3, 0.4) is 0 Å². The molecule has 0 saturated heterocycles. The minimum absolute atomic E-state index is 0.409. The zero-order valence-electron chi connectivity index (χ0n) is 7.28. The standard InChI is InChI=1S/C6H6N4O5/c7-4(11)2-9-1-3(10(14)15)5(8-9)6(12)13/h1H,2H2,(H2,7,11)(H,12,13). The highest BCUT2D eigenvalue weighted by Crippen LogP contribution is 2.16. The topological polar surface area (TPSA) is 141 Å². The first kappa shape index (κ1) is 10.6. The van der Waals surface area contributed by atoms with Gasteiger partial charge in [-0.3, -0.25) is 19.6 Å². The van der Waals surface area contributed by atoms with Gasteiger partial charge in [-0.15, -0.1) is 0 Å². The summed E-state index contributed by atoms with van der Waals surface area (Å²) in [6, 6.07) is 0. The maximum absolute atomic E-state index is 10.5. The van der Waals surface area contributed by atoms with Crippen molar-refractivity contribution in [1.82, 2.24) is 9.78 Å². The van der Waals surface area contributed by atoms with Crippen molar-refractivity contribution in [2.45, 2.75) is 6.54 Å². The first-order valence-corrected chi connectivity index (χ1v) is 3.65. The minimum atomic E-state index is -1.54. The molecule has 0 spiro atoms. The molecule has 0 atom stereocenters. The first-order chi connectivity index (χ1) is 6.91. The largest absolute Gasteiger partial charge is 0.476 e. The number of nitro groups is 1. The molecule has 0 aliphatic heterocycles. The van der Waals surface area contributed by atoms with Crippen LogP contribution in [0, 0.1) is 10.1 Å². The summed E-state index contributed by atoms with van der Waals surface area (Å²) in [6.45, 7) is -0.409. The van der Waals surface area contributed by atoms with E-state index in [9.17, 15) is 19.7 Å². The third-order valence-corrected chi connectivity index (χ3v) is 1.46. The van der Waals surface area contributed by atoms with E-state index in [2.05, 4.69) is 5.10 Å². The van der Waals surface area contributed by atoms with Crippen LogP contribution in [-0.4, -0.2) is 31.7 Å². The number of primary amides is 1. The zero-order valence-corrected chi connectivity index (χ0v) is 7.28. The van der Waals surface area contributed by atoms with Gasteiger partial charge in [-0.1, -0.05) is 0 Å². The molecule has 9 nitrogen and oxygen atoms in total. The number of nitrogens with zero attached hydrogens (tertiary/aromatic N) is 3. The molecule has 0 unspecified atom stereocenters. The molecule has 0 aromatic carbocycles. The van der Waals surface area contributed by atoms with E-state index in [0.29, 0.717) is 0 Å². The van der Waals surface area contributed by atoms with Crippen molar-refractivity contribution in [2.24, 2.45) is 5.73 Å².